The van der Waals surface area contributed by atoms with Crippen molar-refractivity contribution in [2.75, 3.05) is 13.6 Å². The molecule has 0 aliphatic carbocycles. The van der Waals surface area contributed by atoms with Crippen LogP contribution < -0.4 is 5.32 Å². The average Bonchev–Trinajstić information content (AvgIpc) is 2.90. The van der Waals surface area contributed by atoms with Crippen LogP contribution in [-0.2, 0) is 20.1 Å². The van der Waals surface area contributed by atoms with Gasteiger partial charge in [-0.3, -0.25) is 0 Å². The molecule has 2 rings (SSSR count). The van der Waals surface area contributed by atoms with E-state index in [1.165, 1.54) is 11.8 Å². The average molecular weight is 430 g/mol. The topological polar surface area (TPSA) is 32.6 Å². The number of aryl methyl sites for hydroxylation is 1. The Kier molecular flexibility index (Phi) is 8.08. The number of hydrogen-bond donors (Lipinski definition) is 1. The smallest absolute Gasteiger partial charge is 0.194 e. The van der Waals surface area contributed by atoms with Gasteiger partial charge in [0.1, 0.15) is 5.82 Å². The van der Waals surface area contributed by atoms with Gasteiger partial charge in [0.2, 0.25) is 0 Å². The molecule has 126 valence electrons. The summed E-state index contributed by atoms with van der Waals surface area (Å²) >= 11 is 0. The number of nitrogens with one attached hydrogen (secondary N) is 1. The van der Waals surface area contributed by atoms with Gasteiger partial charge in [0.25, 0.3) is 0 Å². The molecule has 0 aliphatic rings. The maximum absolute atomic E-state index is 13.7. The maximum Gasteiger partial charge on any atom is 0.194 e. The second-order valence-electron chi connectivity index (χ2n) is 5.23. The van der Waals surface area contributed by atoms with E-state index in [0.29, 0.717) is 12.1 Å². The molecule has 1 aromatic heterocycles. The fourth-order valence-corrected chi connectivity index (χ4v) is 2.23. The van der Waals surface area contributed by atoms with Crippen molar-refractivity contribution in [3.8, 4) is 0 Å². The van der Waals surface area contributed by atoms with Gasteiger partial charge in [-0.2, -0.15) is 0 Å². The van der Waals surface area contributed by atoms with Crippen molar-refractivity contribution in [2.45, 2.75) is 20.0 Å². The van der Waals surface area contributed by atoms with Crippen LogP contribution in [0.5, 0.6) is 0 Å². The van der Waals surface area contributed by atoms with E-state index >= 15 is 0 Å². The quantitative estimate of drug-likeness (QED) is 0.448. The van der Waals surface area contributed by atoms with Crippen LogP contribution in [0.25, 0.3) is 0 Å². The predicted molar refractivity (Wildman–Crippen MR) is 104 cm³/mol. The first-order valence-electron chi connectivity index (χ1n) is 7.45. The van der Waals surface area contributed by atoms with Gasteiger partial charge in [0, 0.05) is 38.1 Å². The van der Waals surface area contributed by atoms with Gasteiger partial charge in [-0.1, -0.05) is 18.2 Å². The summed E-state index contributed by atoms with van der Waals surface area (Å²) < 4.78 is 15.8. The van der Waals surface area contributed by atoms with Gasteiger partial charge in [-0.05, 0) is 25.1 Å². The summed E-state index contributed by atoms with van der Waals surface area (Å²) in [6.07, 6.45) is 2.02. The largest absolute Gasteiger partial charge is 0.357 e. The van der Waals surface area contributed by atoms with Crippen molar-refractivity contribution in [3.63, 3.8) is 0 Å². The van der Waals surface area contributed by atoms with Crippen LogP contribution >= 0.6 is 24.0 Å². The van der Waals surface area contributed by atoms with Gasteiger partial charge < -0.3 is 14.8 Å². The van der Waals surface area contributed by atoms with Crippen LogP contribution in [-0.4, -0.2) is 29.0 Å². The number of nitrogens with zero attached hydrogens (tertiary/aromatic N) is 3. The Morgan fingerprint density at radius 3 is 2.61 bits per heavy atom. The van der Waals surface area contributed by atoms with E-state index in [1.54, 1.807) is 12.1 Å². The van der Waals surface area contributed by atoms with E-state index in [4.69, 9.17) is 0 Å². The van der Waals surface area contributed by atoms with Gasteiger partial charge in [0.15, 0.2) is 5.96 Å². The number of aliphatic imine (C=N–C) groups is 1. The number of rotatable bonds is 5. The van der Waals surface area contributed by atoms with Crippen LogP contribution in [0.1, 0.15) is 18.2 Å². The third kappa shape index (κ3) is 5.53. The molecular formula is C17H24FIN4. The Bertz CT molecular complexity index is 639. The lowest BCUT2D eigenvalue weighted by Gasteiger charge is -2.22. The summed E-state index contributed by atoms with van der Waals surface area (Å²) in [5, 5.41) is 3.25. The maximum atomic E-state index is 13.7. The first-order chi connectivity index (χ1) is 10.6. The SMILES string of the molecule is CCNC(=NCc1ccccc1F)N(C)Cc1cccn1C.I. The molecule has 0 bridgehead atoms. The zero-order chi connectivity index (χ0) is 15.9. The van der Waals surface area contributed by atoms with Crippen LogP contribution in [0.4, 0.5) is 4.39 Å². The third-order valence-corrected chi connectivity index (χ3v) is 3.50. The number of guanidine groups is 1. The molecule has 23 heavy (non-hydrogen) atoms. The van der Waals surface area contributed by atoms with E-state index in [9.17, 15) is 4.39 Å². The summed E-state index contributed by atoms with van der Waals surface area (Å²) in [5.74, 6) is 0.555. The highest BCUT2D eigenvalue weighted by Crippen LogP contribution is 2.09. The highest BCUT2D eigenvalue weighted by Gasteiger charge is 2.09. The predicted octanol–water partition coefficient (Wildman–Crippen LogP) is 3.38. The number of benzene rings is 1. The van der Waals surface area contributed by atoms with Gasteiger partial charge >= 0.3 is 0 Å². The van der Waals surface area contributed by atoms with Crippen molar-refractivity contribution >= 4 is 29.9 Å². The Hall–Kier alpha value is -1.57. The molecule has 6 heteroatoms. The molecule has 0 saturated carbocycles. The molecule has 0 aliphatic heterocycles. The number of halogens is 2. The van der Waals surface area contributed by atoms with Crippen LogP contribution in [0.2, 0.25) is 0 Å². The van der Waals surface area contributed by atoms with Gasteiger partial charge in [-0.25, -0.2) is 9.38 Å². The Balaban J connectivity index is 0.00000264. The third-order valence-electron chi connectivity index (χ3n) is 3.50. The molecule has 4 nitrogen and oxygen atoms in total. The zero-order valence-corrected chi connectivity index (χ0v) is 16.1. The summed E-state index contributed by atoms with van der Waals surface area (Å²) in [6.45, 7) is 3.86. The minimum absolute atomic E-state index is 0. The first-order valence-corrected chi connectivity index (χ1v) is 7.45. The zero-order valence-electron chi connectivity index (χ0n) is 13.8. The Morgan fingerprint density at radius 2 is 2.00 bits per heavy atom. The fraction of sp³-hybridized carbons (Fsp3) is 0.353. The fourth-order valence-electron chi connectivity index (χ4n) is 2.23. The molecule has 1 aromatic carbocycles. The molecule has 1 N–H and O–H groups in total. The monoisotopic (exact) mass is 430 g/mol. The Labute approximate surface area is 154 Å². The number of aromatic nitrogens is 1. The van der Waals surface area contributed by atoms with Gasteiger partial charge in [0.05, 0.1) is 13.1 Å². The molecule has 0 atom stereocenters. The van der Waals surface area contributed by atoms with E-state index in [1.807, 2.05) is 44.2 Å². The highest BCUT2D eigenvalue weighted by molar-refractivity contribution is 14.0. The molecule has 0 saturated heterocycles. The molecule has 0 fully saturated rings. The first kappa shape index (κ1) is 19.5. The summed E-state index contributed by atoms with van der Waals surface area (Å²) in [6, 6.07) is 10.8. The van der Waals surface area contributed by atoms with Crippen LogP contribution in [0.15, 0.2) is 47.6 Å². The second-order valence-corrected chi connectivity index (χ2v) is 5.23. The molecule has 0 spiro atoms. The van der Waals surface area contributed by atoms with Crippen molar-refractivity contribution in [3.05, 3.63) is 59.7 Å². The van der Waals surface area contributed by atoms with Crippen molar-refractivity contribution in [1.82, 2.24) is 14.8 Å². The van der Waals surface area contributed by atoms with E-state index < -0.39 is 0 Å². The minimum Gasteiger partial charge on any atom is -0.357 e. The lowest BCUT2D eigenvalue weighted by atomic mass is 10.2. The van der Waals surface area contributed by atoms with Crippen molar-refractivity contribution in [1.29, 1.82) is 0 Å². The van der Waals surface area contributed by atoms with Gasteiger partial charge in [-0.15, -0.1) is 24.0 Å². The van der Waals surface area contributed by atoms with Crippen LogP contribution in [0, 0.1) is 5.82 Å². The lowest BCUT2D eigenvalue weighted by molar-refractivity contribution is 0.461. The standard InChI is InChI=1S/C17H23FN4.HI/c1-4-19-17(20-12-14-8-5-6-10-16(14)18)22(3)13-15-9-7-11-21(15)2;/h5-11H,4,12-13H2,1-3H3,(H,19,20);1H. The molecule has 0 unspecified atom stereocenters. The van der Waals surface area contributed by atoms with Crippen molar-refractivity contribution in [2.24, 2.45) is 12.0 Å². The normalized spacial score (nSPS) is 11.0. The summed E-state index contributed by atoms with van der Waals surface area (Å²) in [4.78, 5) is 6.58. The van der Waals surface area contributed by atoms with E-state index in [0.717, 1.165) is 19.0 Å². The second kappa shape index (κ2) is 9.54. The lowest BCUT2D eigenvalue weighted by Crippen LogP contribution is -2.38. The molecular weight excluding hydrogens is 406 g/mol. The van der Waals surface area contributed by atoms with Crippen molar-refractivity contribution < 1.29 is 4.39 Å². The molecule has 0 radical (unpaired) electrons. The molecule has 2 aromatic rings. The molecule has 1 heterocycles. The Morgan fingerprint density at radius 1 is 1.26 bits per heavy atom. The minimum atomic E-state index is -0.216. The summed E-state index contributed by atoms with van der Waals surface area (Å²) in [7, 11) is 4.00. The highest BCUT2D eigenvalue weighted by atomic mass is 127. The summed E-state index contributed by atoms with van der Waals surface area (Å²) in [5.41, 5.74) is 1.80. The van der Waals surface area contributed by atoms with E-state index in [-0.39, 0.29) is 29.8 Å². The number of hydrogen-bond acceptors (Lipinski definition) is 1. The molecule has 0 amide bonds. The van der Waals surface area contributed by atoms with Crippen LogP contribution in [0.3, 0.4) is 0 Å². The van der Waals surface area contributed by atoms with E-state index in [2.05, 4.69) is 20.9 Å².